The molecule has 3 aromatic rings. The van der Waals surface area contributed by atoms with Crippen LogP contribution in [0.1, 0.15) is 34.7 Å². The first-order valence-electron chi connectivity index (χ1n) is 10.2. The molecule has 1 aromatic heterocycles. The molecule has 1 atom stereocenters. The highest BCUT2D eigenvalue weighted by molar-refractivity contribution is 6.31. The van der Waals surface area contributed by atoms with Gasteiger partial charge >= 0.3 is 12.0 Å². The fourth-order valence-corrected chi connectivity index (χ4v) is 3.53. The van der Waals surface area contributed by atoms with Crippen molar-refractivity contribution in [3.63, 3.8) is 0 Å². The molecule has 0 saturated carbocycles. The number of carboxylic acids is 1. The molecule has 1 heterocycles. The third-order valence-electron chi connectivity index (χ3n) is 5.30. The number of carboxylic acid groups (broad SMARTS) is 1. The van der Waals surface area contributed by atoms with E-state index in [1.165, 1.54) is 16.8 Å². The average Bonchev–Trinajstić information content (AvgIpc) is 2.75. The number of rotatable bonds is 7. The fraction of sp³-hybridized carbons (Fsp3) is 0.208. The molecule has 3 rings (SSSR count). The molecular weight excluding hydrogens is 446 g/mol. The Balaban J connectivity index is 1.83. The van der Waals surface area contributed by atoms with Gasteiger partial charge in [0.25, 0.3) is 5.56 Å². The summed E-state index contributed by atoms with van der Waals surface area (Å²) < 4.78 is 1.30. The van der Waals surface area contributed by atoms with Gasteiger partial charge in [0, 0.05) is 11.2 Å². The predicted octanol–water partition coefficient (Wildman–Crippen LogP) is 4.21. The Kier molecular flexibility index (Phi) is 7.40. The molecule has 0 unspecified atom stereocenters. The summed E-state index contributed by atoms with van der Waals surface area (Å²) in [6.45, 7) is 3.96. The van der Waals surface area contributed by atoms with Gasteiger partial charge in [-0.1, -0.05) is 48.0 Å². The summed E-state index contributed by atoms with van der Waals surface area (Å²) in [5, 5.41) is 24.9. The van der Waals surface area contributed by atoms with E-state index in [4.69, 9.17) is 11.6 Å². The first kappa shape index (κ1) is 23.9. The largest absolute Gasteiger partial charge is 0.505 e. The number of urea groups is 1. The number of benzene rings is 2. The van der Waals surface area contributed by atoms with Crippen molar-refractivity contribution in [2.24, 2.45) is 0 Å². The smallest absolute Gasteiger partial charge is 0.319 e. The molecular formula is C24H24ClN3O5. The van der Waals surface area contributed by atoms with Gasteiger partial charge < -0.3 is 25.4 Å². The van der Waals surface area contributed by atoms with Crippen LogP contribution in [-0.2, 0) is 11.3 Å². The molecule has 172 valence electrons. The molecule has 0 bridgehead atoms. The van der Waals surface area contributed by atoms with Crippen LogP contribution < -0.4 is 16.2 Å². The summed E-state index contributed by atoms with van der Waals surface area (Å²) in [5.74, 6) is -1.50. The number of hydrogen-bond donors (Lipinski definition) is 4. The Morgan fingerprint density at radius 3 is 2.48 bits per heavy atom. The molecule has 33 heavy (non-hydrogen) atoms. The number of nitrogens with one attached hydrogen (secondary N) is 2. The maximum Gasteiger partial charge on any atom is 0.319 e. The van der Waals surface area contributed by atoms with Crippen LogP contribution in [0.25, 0.3) is 0 Å². The van der Waals surface area contributed by atoms with Gasteiger partial charge in [0.15, 0.2) is 5.69 Å². The van der Waals surface area contributed by atoms with Crippen LogP contribution >= 0.6 is 11.6 Å². The monoisotopic (exact) mass is 469 g/mol. The number of aliphatic carboxylic acids is 1. The molecule has 0 radical (unpaired) electrons. The number of pyridine rings is 1. The molecule has 9 heteroatoms. The van der Waals surface area contributed by atoms with Crippen molar-refractivity contribution in [2.45, 2.75) is 32.9 Å². The Bertz CT molecular complexity index is 1260. The molecule has 0 aliphatic rings. The number of aromatic hydroxyl groups is 1. The molecule has 0 saturated heterocycles. The quantitative estimate of drug-likeness (QED) is 0.413. The second-order valence-electron chi connectivity index (χ2n) is 7.69. The highest BCUT2D eigenvalue weighted by atomic mass is 35.5. The number of anilines is 1. The van der Waals surface area contributed by atoms with Gasteiger partial charge in [-0.3, -0.25) is 9.59 Å². The van der Waals surface area contributed by atoms with E-state index in [-0.39, 0.29) is 18.7 Å². The van der Waals surface area contributed by atoms with E-state index in [1.54, 1.807) is 36.4 Å². The van der Waals surface area contributed by atoms with Crippen molar-refractivity contribution in [3.8, 4) is 5.75 Å². The number of carbonyl (C=O) groups is 2. The molecule has 0 aliphatic carbocycles. The third kappa shape index (κ3) is 5.93. The fourth-order valence-electron chi connectivity index (χ4n) is 3.33. The van der Waals surface area contributed by atoms with Gasteiger partial charge in [-0.2, -0.15) is 0 Å². The van der Waals surface area contributed by atoms with Crippen LogP contribution in [0.3, 0.4) is 0 Å². The zero-order valence-corrected chi connectivity index (χ0v) is 18.9. The summed E-state index contributed by atoms with van der Waals surface area (Å²) in [7, 11) is 0. The van der Waals surface area contributed by atoms with Crippen molar-refractivity contribution >= 4 is 29.3 Å². The number of amides is 2. The van der Waals surface area contributed by atoms with E-state index in [0.717, 1.165) is 11.1 Å². The highest BCUT2D eigenvalue weighted by Gasteiger charge is 2.21. The Morgan fingerprint density at radius 1 is 1.09 bits per heavy atom. The minimum absolute atomic E-state index is 0.138. The lowest BCUT2D eigenvalue weighted by Gasteiger charge is -2.19. The lowest BCUT2D eigenvalue weighted by atomic mass is 9.99. The van der Waals surface area contributed by atoms with Crippen molar-refractivity contribution in [1.29, 1.82) is 0 Å². The molecule has 2 aromatic carbocycles. The minimum Gasteiger partial charge on any atom is -0.505 e. The Labute approximate surface area is 195 Å². The lowest BCUT2D eigenvalue weighted by Crippen LogP contribution is -2.36. The zero-order chi connectivity index (χ0) is 24.1. The van der Waals surface area contributed by atoms with Crippen LogP contribution in [0, 0.1) is 13.8 Å². The van der Waals surface area contributed by atoms with E-state index < -0.39 is 29.4 Å². The molecule has 0 fully saturated rings. The van der Waals surface area contributed by atoms with E-state index in [0.29, 0.717) is 16.1 Å². The maximum absolute atomic E-state index is 12.9. The summed E-state index contributed by atoms with van der Waals surface area (Å²) >= 11 is 6.17. The SMILES string of the molecule is Cc1ccc([C@H](CC(=O)O)NC(=O)Nc2c(O)ccn(Cc3ccccc3Cl)c2=O)cc1C. The molecule has 8 nitrogen and oxygen atoms in total. The first-order chi connectivity index (χ1) is 15.7. The summed E-state index contributed by atoms with van der Waals surface area (Å²) in [6, 6.07) is 12.0. The second-order valence-corrected chi connectivity index (χ2v) is 8.10. The van der Waals surface area contributed by atoms with Crippen LogP contribution in [0.4, 0.5) is 10.5 Å². The van der Waals surface area contributed by atoms with Gasteiger partial charge in [0.1, 0.15) is 5.75 Å². The summed E-state index contributed by atoms with van der Waals surface area (Å²) in [4.78, 5) is 36.9. The van der Waals surface area contributed by atoms with Crippen LogP contribution in [0.2, 0.25) is 5.02 Å². The van der Waals surface area contributed by atoms with Crippen molar-refractivity contribution in [1.82, 2.24) is 9.88 Å². The Hall–Kier alpha value is -3.78. The normalized spacial score (nSPS) is 11.6. The number of nitrogens with zero attached hydrogens (tertiary/aromatic N) is 1. The Morgan fingerprint density at radius 2 is 1.82 bits per heavy atom. The van der Waals surface area contributed by atoms with Gasteiger partial charge in [-0.25, -0.2) is 4.79 Å². The third-order valence-corrected chi connectivity index (χ3v) is 5.67. The molecule has 4 N–H and O–H groups in total. The number of carbonyl (C=O) groups excluding carboxylic acids is 1. The standard InChI is InChI=1S/C24H24ClN3O5/c1-14-7-8-16(11-15(14)2)19(12-21(30)31)26-24(33)27-22-20(29)9-10-28(23(22)32)13-17-5-3-4-6-18(17)25/h3-11,19,29H,12-13H2,1-2H3,(H,30,31)(H2,26,27,33)/t19-/m0/s1. The van der Waals surface area contributed by atoms with Crippen LogP contribution in [-0.4, -0.2) is 26.8 Å². The van der Waals surface area contributed by atoms with Gasteiger partial charge in [0.05, 0.1) is 19.0 Å². The summed E-state index contributed by atoms with van der Waals surface area (Å²) in [6.07, 6.45) is 1.04. The summed E-state index contributed by atoms with van der Waals surface area (Å²) in [5.41, 5.74) is 2.34. The highest BCUT2D eigenvalue weighted by Crippen LogP contribution is 2.22. The number of aromatic nitrogens is 1. The van der Waals surface area contributed by atoms with Gasteiger partial charge in [0.2, 0.25) is 0 Å². The number of halogens is 1. The average molecular weight is 470 g/mol. The number of aryl methyl sites for hydroxylation is 2. The van der Waals surface area contributed by atoms with Crippen LogP contribution in [0.5, 0.6) is 5.75 Å². The van der Waals surface area contributed by atoms with Gasteiger partial charge in [-0.05, 0) is 48.2 Å². The zero-order valence-electron chi connectivity index (χ0n) is 18.1. The molecule has 2 amide bonds. The molecule has 0 aliphatic heterocycles. The van der Waals surface area contributed by atoms with Crippen LogP contribution in [0.15, 0.2) is 59.5 Å². The predicted molar refractivity (Wildman–Crippen MR) is 126 cm³/mol. The van der Waals surface area contributed by atoms with Crippen molar-refractivity contribution in [3.05, 3.63) is 92.4 Å². The maximum atomic E-state index is 12.9. The van der Waals surface area contributed by atoms with E-state index >= 15 is 0 Å². The van der Waals surface area contributed by atoms with E-state index in [9.17, 15) is 24.6 Å². The minimum atomic E-state index is -1.09. The number of hydrogen-bond acceptors (Lipinski definition) is 4. The topological polar surface area (TPSA) is 121 Å². The van der Waals surface area contributed by atoms with E-state index in [2.05, 4.69) is 10.6 Å². The molecule has 0 spiro atoms. The van der Waals surface area contributed by atoms with Crippen molar-refractivity contribution < 1.29 is 19.8 Å². The first-order valence-corrected chi connectivity index (χ1v) is 10.6. The van der Waals surface area contributed by atoms with E-state index in [1.807, 2.05) is 19.9 Å². The lowest BCUT2D eigenvalue weighted by molar-refractivity contribution is -0.137. The van der Waals surface area contributed by atoms with Gasteiger partial charge in [-0.15, -0.1) is 0 Å². The van der Waals surface area contributed by atoms with Crippen molar-refractivity contribution in [2.75, 3.05) is 5.32 Å². The second kappa shape index (κ2) is 10.2.